The van der Waals surface area contributed by atoms with Gasteiger partial charge in [-0.2, -0.15) is 5.10 Å². The Bertz CT molecular complexity index is 562. The third kappa shape index (κ3) is 2.26. The molecule has 1 aromatic rings. The van der Waals surface area contributed by atoms with E-state index in [-0.39, 0.29) is 17.2 Å². The van der Waals surface area contributed by atoms with Crippen molar-refractivity contribution >= 4 is 5.91 Å². The molecular formula is C17H25N3O2. The molecule has 5 heteroatoms. The van der Waals surface area contributed by atoms with Crippen molar-refractivity contribution < 1.29 is 9.90 Å². The topological polar surface area (TPSA) is 58.4 Å². The Morgan fingerprint density at radius 1 is 1.36 bits per heavy atom. The fraction of sp³-hybridized carbons (Fsp3) is 0.765. The summed E-state index contributed by atoms with van der Waals surface area (Å²) in [6, 6.07) is 1.90. The first-order valence-corrected chi connectivity index (χ1v) is 8.53. The predicted molar refractivity (Wildman–Crippen MR) is 81.9 cm³/mol. The highest BCUT2D eigenvalue weighted by Gasteiger charge is 2.55. The highest BCUT2D eigenvalue weighted by molar-refractivity contribution is 5.85. The van der Waals surface area contributed by atoms with E-state index in [0.29, 0.717) is 25.6 Å². The summed E-state index contributed by atoms with van der Waals surface area (Å²) in [5.41, 5.74) is -0.768. The standard InChI is InChI=1S/C17H25N3O2/c1-13-11-19(10-7-17(13,22)14-3-4-14)15(21)16(5-6-16)12-20-9-2-8-18-20/h2,8-9,13-14,22H,3-7,10-12H2,1H3/t13-,17+/m1/s1. The minimum absolute atomic E-state index is 0.179. The van der Waals surface area contributed by atoms with E-state index >= 15 is 0 Å². The molecule has 4 rings (SSSR count). The maximum Gasteiger partial charge on any atom is 0.230 e. The predicted octanol–water partition coefficient (Wildman–Crippen LogP) is 1.67. The lowest BCUT2D eigenvalue weighted by molar-refractivity contribution is -0.147. The Morgan fingerprint density at radius 3 is 2.68 bits per heavy atom. The molecule has 22 heavy (non-hydrogen) atoms. The maximum atomic E-state index is 13.0. The molecule has 0 unspecified atom stereocenters. The number of nitrogens with zero attached hydrogens (tertiary/aromatic N) is 3. The molecule has 1 aliphatic heterocycles. The van der Waals surface area contributed by atoms with Crippen LogP contribution in [-0.2, 0) is 11.3 Å². The van der Waals surface area contributed by atoms with Crippen molar-refractivity contribution in [2.75, 3.05) is 13.1 Å². The van der Waals surface area contributed by atoms with E-state index in [1.54, 1.807) is 6.20 Å². The second-order valence-corrected chi connectivity index (χ2v) is 7.65. The van der Waals surface area contributed by atoms with Crippen LogP contribution < -0.4 is 0 Å². The van der Waals surface area contributed by atoms with E-state index in [1.807, 2.05) is 21.8 Å². The van der Waals surface area contributed by atoms with E-state index in [1.165, 1.54) is 0 Å². The van der Waals surface area contributed by atoms with Crippen LogP contribution in [0.2, 0.25) is 0 Å². The molecule has 120 valence electrons. The van der Waals surface area contributed by atoms with E-state index in [0.717, 1.165) is 32.1 Å². The summed E-state index contributed by atoms with van der Waals surface area (Å²) in [6.45, 7) is 4.20. The Balaban J connectivity index is 1.43. The maximum absolute atomic E-state index is 13.0. The number of amides is 1. The third-order valence-corrected chi connectivity index (χ3v) is 6.03. The van der Waals surface area contributed by atoms with Crippen LogP contribution in [-0.4, -0.2) is 44.4 Å². The van der Waals surface area contributed by atoms with Crippen molar-refractivity contribution in [3.63, 3.8) is 0 Å². The average Bonchev–Trinajstić information content (AvgIpc) is 3.41. The van der Waals surface area contributed by atoms with Gasteiger partial charge in [0.05, 0.1) is 17.6 Å². The van der Waals surface area contributed by atoms with Crippen LogP contribution >= 0.6 is 0 Å². The summed E-state index contributed by atoms with van der Waals surface area (Å²) in [5, 5.41) is 15.1. The molecule has 2 saturated carbocycles. The molecular weight excluding hydrogens is 278 g/mol. The fourth-order valence-corrected chi connectivity index (χ4v) is 4.14. The van der Waals surface area contributed by atoms with E-state index in [4.69, 9.17) is 0 Å². The first-order valence-electron chi connectivity index (χ1n) is 8.53. The quantitative estimate of drug-likeness (QED) is 0.920. The summed E-state index contributed by atoms with van der Waals surface area (Å²) in [6.07, 6.45) is 8.66. The molecule has 0 radical (unpaired) electrons. The Hall–Kier alpha value is -1.36. The molecule has 3 fully saturated rings. The van der Waals surface area contributed by atoms with Gasteiger partial charge in [0.1, 0.15) is 0 Å². The minimum Gasteiger partial charge on any atom is -0.389 e. The summed E-state index contributed by atoms with van der Waals surface area (Å²) >= 11 is 0. The number of hydrogen-bond donors (Lipinski definition) is 1. The van der Waals surface area contributed by atoms with Crippen LogP contribution in [0.5, 0.6) is 0 Å². The van der Waals surface area contributed by atoms with Gasteiger partial charge < -0.3 is 10.0 Å². The lowest BCUT2D eigenvalue weighted by atomic mass is 9.78. The van der Waals surface area contributed by atoms with Crippen molar-refractivity contribution in [1.82, 2.24) is 14.7 Å². The van der Waals surface area contributed by atoms with Gasteiger partial charge in [0.15, 0.2) is 0 Å². The summed E-state index contributed by atoms with van der Waals surface area (Å²) in [4.78, 5) is 15.0. The number of aliphatic hydroxyl groups is 1. The molecule has 5 nitrogen and oxygen atoms in total. The molecule has 2 heterocycles. The van der Waals surface area contributed by atoms with E-state index in [9.17, 15) is 9.90 Å². The van der Waals surface area contributed by atoms with Gasteiger partial charge in [0.2, 0.25) is 5.91 Å². The molecule has 1 N–H and O–H groups in total. The lowest BCUT2D eigenvalue weighted by Crippen LogP contribution is -2.55. The molecule has 1 amide bonds. The summed E-state index contributed by atoms with van der Waals surface area (Å²) in [5.74, 6) is 0.921. The first kappa shape index (κ1) is 14.2. The van der Waals surface area contributed by atoms with Crippen LogP contribution in [0.3, 0.4) is 0 Å². The minimum atomic E-state index is -0.532. The van der Waals surface area contributed by atoms with Crippen molar-refractivity contribution in [2.45, 2.75) is 51.2 Å². The SMILES string of the molecule is C[C@@H]1CN(C(=O)C2(Cn3cccn3)CC2)CC[C@@]1(O)C1CC1. The Kier molecular flexibility index (Phi) is 3.12. The van der Waals surface area contributed by atoms with Crippen molar-refractivity contribution in [2.24, 2.45) is 17.3 Å². The van der Waals surface area contributed by atoms with Gasteiger partial charge in [0, 0.05) is 31.4 Å². The molecule has 0 aromatic carbocycles. The lowest BCUT2D eigenvalue weighted by Gasteiger charge is -2.44. The second-order valence-electron chi connectivity index (χ2n) is 7.65. The van der Waals surface area contributed by atoms with Gasteiger partial charge in [0.25, 0.3) is 0 Å². The average molecular weight is 303 g/mol. The summed E-state index contributed by atoms with van der Waals surface area (Å²) < 4.78 is 1.87. The molecule has 0 bridgehead atoms. The van der Waals surface area contributed by atoms with E-state index in [2.05, 4.69) is 12.0 Å². The van der Waals surface area contributed by atoms with Gasteiger partial charge in [-0.25, -0.2) is 0 Å². The third-order valence-electron chi connectivity index (χ3n) is 6.03. The normalized spacial score (nSPS) is 33.7. The van der Waals surface area contributed by atoms with Crippen LogP contribution in [0, 0.1) is 17.3 Å². The zero-order valence-corrected chi connectivity index (χ0v) is 13.2. The fourth-order valence-electron chi connectivity index (χ4n) is 4.14. The highest BCUT2D eigenvalue weighted by Crippen LogP contribution is 2.51. The number of aromatic nitrogens is 2. The number of carbonyl (C=O) groups is 1. The monoisotopic (exact) mass is 303 g/mol. The van der Waals surface area contributed by atoms with Crippen LogP contribution in [0.4, 0.5) is 0 Å². The van der Waals surface area contributed by atoms with Gasteiger partial charge in [-0.3, -0.25) is 9.48 Å². The number of likely N-dealkylation sites (tertiary alicyclic amines) is 1. The molecule has 2 atom stereocenters. The van der Waals surface area contributed by atoms with Crippen molar-refractivity contribution in [1.29, 1.82) is 0 Å². The van der Waals surface area contributed by atoms with Crippen molar-refractivity contribution in [3.8, 4) is 0 Å². The van der Waals surface area contributed by atoms with Crippen LogP contribution in [0.15, 0.2) is 18.5 Å². The number of rotatable bonds is 4. The van der Waals surface area contributed by atoms with Gasteiger partial charge >= 0.3 is 0 Å². The van der Waals surface area contributed by atoms with Gasteiger partial charge in [-0.05, 0) is 44.1 Å². The number of carbonyl (C=O) groups excluding carboxylic acids is 1. The molecule has 1 aromatic heterocycles. The van der Waals surface area contributed by atoms with Crippen molar-refractivity contribution in [3.05, 3.63) is 18.5 Å². The van der Waals surface area contributed by atoms with Gasteiger partial charge in [-0.1, -0.05) is 6.92 Å². The Labute approximate surface area is 131 Å². The zero-order valence-electron chi connectivity index (χ0n) is 13.2. The number of hydrogen-bond acceptors (Lipinski definition) is 3. The smallest absolute Gasteiger partial charge is 0.230 e. The Morgan fingerprint density at radius 2 is 2.14 bits per heavy atom. The molecule has 1 saturated heterocycles. The summed E-state index contributed by atoms with van der Waals surface area (Å²) in [7, 11) is 0. The van der Waals surface area contributed by atoms with E-state index < -0.39 is 5.60 Å². The van der Waals surface area contributed by atoms with Crippen LogP contribution in [0.1, 0.15) is 39.0 Å². The zero-order chi connectivity index (χ0) is 15.4. The number of piperidine rings is 1. The largest absolute Gasteiger partial charge is 0.389 e. The first-order chi connectivity index (χ1) is 10.5. The highest BCUT2D eigenvalue weighted by atomic mass is 16.3. The molecule has 3 aliphatic rings. The second kappa shape index (κ2) is 4.82. The molecule has 2 aliphatic carbocycles. The van der Waals surface area contributed by atoms with Crippen LogP contribution in [0.25, 0.3) is 0 Å². The molecule has 0 spiro atoms. The van der Waals surface area contributed by atoms with Gasteiger partial charge in [-0.15, -0.1) is 0 Å².